The van der Waals surface area contributed by atoms with Crippen LogP contribution >= 0.6 is 0 Å². The van der Waals surface area contributed by atoms with Gasteiger partial charge in [0.25, 0.3) is 5.91 Å². The SMILES string of the molecule is CCN(C(=O)c1oc(C)nc1C)c1ccccc1. The molecule has 0 unspecified atom stereocenters. The van der Waals surface area contributed by atoms with E-state index in [4.69, 9.17) is 4.42 Å². The van der Waals surface area contributed by atoms with Crippen LogP contribution < -0.4 is 4.90 Å². The molecule has 1 aromatic carbocycles. The highest BCUT2D eigenvalue weighted by Gasteiger charge is 2.22. The topological polar surface area (TPSA) is 46.3 Å². The lowest BCUT2D eigenvalue weighted by Crippen LogP contribution is -2.30. The van der Waals surface area contributed by atoms with E-state index < -0.39 is 0 Å². The Morgan fingerprint density at radius 2 is 1.94 bits per heavy atom. The van der Waals surface area contributed by atoms with Crippen LogP contribution in [-0.2, 0) is 0 Å². The van der Waals surface area contributed by atoms with E-state index in [-0.39, 0.29) is 5.91 Å². The number of amides is 1. The van der Waals surface area contributed by atoms with E-state index in [9.17, 15) is 4.79 Å². The molecule has 94 valence electrons. The molecule has 0 saturated heterocycles. The molecule has 0 spiro atoms. The van der Waals surface area contributed by atoms with Gasteiger partial charge in [-0.3, -0.25) is 4.79 Å². The summed E-state index contributed by atoms with van der Waals surface area (Å²) >= 11 is 0. The van der Waals surface area contributed by atoms with Gasteiger partial charge in [-0.25, -0.2) is 4.98 Å². The van der Waals surface area contributed by atoms with Crippen molar-refractivity contribution in [3.05, 3.63) is 47.7 Å². The third-order valence-corrected chi connectivity index (χ3v) is 2.73. The average Bonchev–Trinajstić information content (AvgIpc) is 2.70. The number of oxazole rings is 1. The Morgan fingerprint density at radius 1 is 1.28 bits per heavy atom. The van der Waals surface area contributed by atoms with Gasteiger partial charge in [0, 0.05) is 19.2 Å². The molecular formula is C14H16N2O2. The Hall–Kier alpha value is -2.10. The molecule has 1 amide bonds. The van der Waals surface area contributed by atoms with Crippen LogP contribution in [0.15, 0.2) is 34.7 Å². The number of nitrogens with zero attached hydrogens (tertiary/aromatic N) is 2. The quantitative estimate of drug-likeness (QED) is 0.833. The predicted molar refractivity (Wildman–Crippen MR) is 69.8 cm³/mol. The van der Waals surface area contributed by atoms with Gasteiger partial charge in [-0.1, -0.05) is 18.2 Å². The number of para-hydroxylation sites is 1. The first-order valence-corrected chi connectivity index (χ1v) is 5.94. The third-order valence-electron chi connectivity index (χ3n) is 2.73. The Morgan fingerprint density at radius 3 is 2.44 bits per heavy atom. The molecule has 18 heavy (non-hydrogen) atoms. The lowest BCUT2D eigenvalue weighted by molar-refractivity contribution is 0.0959. The normalized spacial score (nSPS) is 10.4. The molecule has 1 heterocycles. The fourth-order valence-electron chi connectivity index (χ4n) is 1.90. The van der Waals surface area contributed by atoms with Gasteiger partial charge in [0.15, 0.2) is 5.89 Å². The zero-order chi connectivity index (χ0) is 13.1. The van der Waals surface area contributed by atoms with Crippen molar-refractivity contribution < 1.29 is 9.21 Å². The number of aryl methyl sites for hydroxylation is 2. The first kappa shape index (κ1) is 12.4. The number of hydrogen-bond donors (Lipinski definition) is 0. The number of anilines is 1. The fourth-order valence-corrected chi connectivity index (χ4v) is 1.90. The molecule has 1 aromatic heterocycles. The lowest BCUT2D eigenvalue weighted by atomic mass is 10.2. The van der Waals surface area contributed by atoms with Crippen molar-refractivity contribution in [3.8, 4) is 0 Å². The molecule has 2 aromatic rings. The minimum atomic E-state index is -0.151. The van der Waals surface area contributed by atoms with Gasteiger partial charge in [0.1, 0.15) is 0 Å². The second kappa shape index (κ2) is 5.04. The second-order valence-electron chi connectivity index (χ2n) is 4.03. The maximum Gasteiger partial charge on any atom is 0.295 e. The molecule has 0 bridgehead atoms. The molecule has 0 radical (unpaired) electrons. The zero-order valence-electron chi connectivity index (χ0n) is 10.8. The third kappa shape index (κ3) is 2.27. The van der Waals surface area contributed by atoms with Crippen LogP contribution in [0, 0.1) is 13.8 Å². The highest BCUT2D eigenvalue weighted by atomic mass is 16.4. The van der Waals surface area contributed by atoms with E-state index in [1.54, 1.807) is 18.7 Å². The summed E-state index contributed by atoms with van der Waals surface area (Å²) in [4.78, 5) is 18.2. The van der Waals surface area contributed by atoms with E-state index in [1.165, 1.54) is 0 Å². The molecule has 0 aliphatic heterocycles. The summed E-state index contributed by atoms with van der Waals surface area (Å²) in [6.07, 6.45) is 0. The molecule has 0 aliphatic carbocycles. The number of rotatable bonds is 3. The predicted octanol–water partition coefficient (Wildman–Crippen LogP) is 2.96. The molecule has 0 N–H and O–H groups in total. The van der Waals surface area contributed by atoms with Crippen molar-refractivity contribution in [2.75, 3.05) is 11.4 Å². The van der Waals surface area contributed by atoms with Crippen molar-refractivity contribution in [1.29, 1.82) is 0 Å². The van der Waals surface area contributed by atoms with Gasteiger partial charge in [-0.05, 0) is 26.0 Å². The maximum absolute atomic E-state index is 12.4. The van der Waals surface area contributed by atoms with Crippen LogP contribution in [0.25, 0.3) is 0 Å². The number of carbonyl (C=O) groups excluding carboxylic acids is 1. The smallest absolute Gasteiger partial charge is 0.295 e. The monoisotopic (exact) mass is 244 g/mol. The Bertz CT molecular complexity index is 546. The van der Waals surface area contributed by atoms with Crippen molar-refractivity contribution >= 4 is 11.6 Å². The first-order valence-electron chi connectivity index (χ1n) is 5.94. The summed E-state index contributed by atoms with van der Waals surface area (Å²) in [5.74, 6) is 0.681. The van der Waals surface area contributed by atoms with Crippen LogP contribution in [0.5, 0.6) is 0 Å². The largest absolute Gasteiger partial charge is 0.436 e. The summed E-state index contributed by atoms with van der Waals surface area (Å²) in [6.45, 7) is 6.04. The lowest BCUT2D eigenvalue weighted by Gasteiger charge is -2.19. The molecular weight excluding hydrogens is 228 g/mol. The average molecular weight is 244 g/mol. The van der Waals surface area contributed by atoms with Crippen LogP contribution in [0.4, 0.5) is 5.69 Å². The van der Waals surface area contributed by atoms with Gasteiger partial charge >= 0.3 is 0 Å². The maximum atomic E-state index is 12.4. The second-order valence-corrected chi connectivity index (χ2v) is 4.03. The number of carbonyl (C=O) groups is 1. The molecule has 4 heteroatoms. The van der Waals surface area contributed by atoms with Gasteiger partial charge in [0.2, 0.25) is 5.76 Å². The number of benzene rings is 1. The summed E-state index contributed by atoms with van der Waals surface area (Å²) in [5.41, 5.74) is 1.49. The van der Waals surface area contributed by atoms with E-state index in [0.29, 0.717) is 23.9 Å². The molecule has 0 fully saturated rings. The summed E-state index contributed by atoms with van der Waals surface area (Å²) < 4.78 is 5.38. The molecule has 2 rings (SSSR count). The van der Waals surface area contributed by atoms with E-state index in [1.807, 2.05) is 37.3 Å². The highest BCUT2D eigenvalue weighted by molar-refractivity contribution is 6.04. The van der Waals surface area contributed by atoms with Crippen LogP contribution in [0.1, 0.15) is 29.1 Å². The zero-order valence-corrected chi connectivity index (χ0v) is 10.8. The molecule has 0 atom stereocenters. The van der Waals surface area contributed by atoms with E-state index in [2.05, 4.69) is 4.98 Å². The van der Waals surface area contributed by atoms with E-state index in [0.717, 1.165) is 5.69 Å². The fraction of sp³-hybridized carbons (Fsp3) is 0.286. The summed E-state index contributed by atoms with van der Waals surface area (Å²) in [7, 11) is 0. The summed E-state index contributed by atoms with van der Waals surface area (Å²) in [5, 5.41) is 0. The van der Waals surface area contributed by atoms with Crippen molar-refractivity contribution in [2.45, 2.75) is 20.8 Å². The van der Waals surface area contributed by atoms with Gasteiger partial charge in [-0.15, -0.1) is 0 Å². The van der Waals surface area contributed by atoms with E-state index >= 15 is 0 Å². The van der Waals surface area contributed by atoms with Crippen molar-refractivity contribution in [1.82, 2.24) is 4.98 Å². The molecule has 0 saturated carbocycles. The van der Waals surface area contributed by atoms with Crippen LogP contribution in [0.3, 0.4) is 0 Å². The minimum absolute atomic E-state index is 0.151. The Kier molecular flexibility index (Phi) is 3.46. The minimum Gasteiger partial charge on any atom is -0.436 e. The first-order chi connectivity index (χ1) is 8.63. The molecule has 4 nitrogen and oxygen atoms in total. The van der Waals surface area contributed by atoms with Crippen molar-refractivity contribution in [2.24, 2.45) is 0 Å². The Balaban J connectivity index is 2.34. The number of aromatic nitrogens is 1. The summed E-state index contributed by atoms with van der Waals surface area (Å²) in [6, 6.07) is 9.54. The standard InChI is InChI=1S/C14H16N2O2/c1-4-16(12-8-6-5-7-9-12)14(17)13-10(2)15-11(3)18-13/h5-9H,4H2,1-3H3. The van der Waals surface area contributed by atoms with Crippen LogP contribution in [-0.4, -0.2) is 17.4 Å². The van der Waals surface area contributed by atoms with Crippen molar-refractivity contribution in [3.63, 3.8) is 0 Å². The molecule has 0 aliphatic rings. The highest BCUT2D eigenvalue weighted by Crippen LogP contribution is 2.19. The number of hydrogen-bond acceptors (Lipinski definition) is 3. The van der Waals surface area contributed by atoms with Gasteiger partial charge < -0.3 is 9.32 Å². The Labute approximate surface area is 106 Å². The van der Waals surface area contributed by atoms with Gasteiger partial charge in [0.05, 0.1) is 5.69 Å². The van der Waals surface area contributed by atoms with Crippen LogP contribution in [0.2, 0.25) is 0 Å². The van der Waals surface area contributed by atoms with Gasteiger partial charge in [-0.2, -0.15) is 0 Å².